The predicted octanol–water partition coefficient (Wildman–Crippen LogP) is 23.3. The number of anilines is 6. The third kappa shape index (κ3) is 7.90. The second-order valence-electron chi connectivity index (χ2n) is 22.6. The maximum absolute atomic E-state index is 6.36. The van der Waals surface area contributed by atoms with Gasteiger partial charge >= 0.3 is 0 Å². The van der Waals surface area contributed by atoms with E-state index in [-0.39, 0.29) is 0 Å². The Morgan fingerprint density at radius 3 is 1.01 bits per heavy atom. The number of aryl methyl sites for hydroxylation is 4. The predicted molar refractivity (Wildman–Crippen MR) is 356 cm³/mol. The van der Waals surface area contributed by atoms with Gasteiger partial charge in [0.05, 0.1) is 22.7 Å². The van der Waals surface area contributed by atoms with Crippen molar-refractivity contribution in [3.63, 3.8) is 0 Å². The molecule has 0 amide bonds. The molecule has 398 valence electrons. The molecule has 0 spiro atoms. The molecule has 0 aliphatic carbocycles. The Labute approximate surface area is 487 Å². The van der Waals surface area contributed by atoms with Crippen LogP contribution in [0.25, 0.3) is 120 Å². The minimum absolute atomic E-state index is 0.883. The van der Waals surface area contributed by atoms with Gasteiger partial charge in [0.1, 0.15) is 22.3 Å². The third-order valence-corrected chi connectivity index (χ3v) is 17.5. The number of benzene rings is 14. The lowest BCUT2D eigenvalue weighted by Crippen LogP contribution is -2.15. The molecule has 0 N–H and O–H groups in total. The highest BCUT2D eigenvalue weighted by Gasteiger charge is 2.27. The molecule has 2 heterocycles. The van der Waals surface area contributed by atoms with E-state index in [9.17, 15) is 0 Å². The van der Waals surface area contributed by atoms with Crippen LogP contribution in [0, 0.1) is 27.7 Å². The van der Waals surface area contributed by atoms with E-state index in [0.29, 0.717) is 0 Å². The van der Waals surface area contributed by atoms with Crippen LogP contribution in [0.2, 0.25) is 0 Å². The summed E-state index contributed by atoms with van der Waals surface area (Å²) in [5.41, 5.74) is 21.8. The van der Waals surface area contributed by atoms with Crippen LogP contribution in [0.1, 0.15) is 22.3 Å². The van der Waals surface area contributed by atoms with Gasteiger partial charge in [-0.2, -0.15) is 0 Å². The lowest BCUT2D eigenvalue weighted by Gasteiger charge is -2.33. The van der Waals surface area contributed by atoms with Crippen molar-refractivity contribution in [3.05, 3.63) is 289 Å². The first-order valence-electron chi connectivity index (χ1n) is 29.0. The van der Waals surface area contributed by atoms with Crippen LogP contribution in [-0.4, -0.2) is 0 Å². The van der Waals surface area contributed by atoms with Gasteiger partial charge in [0.15, 0.2) is 0 Å². The number of furan rings is 2. The minimum atomic E-state index is 0.883. The Hall–Kier alpha value is -10.7. The molecule has 0 aliphatic heterocycles. The topological polar surface area (TPSA) is 32.8 Å². The molecule has 4 heteroatoms. The van der Waals surface area contributed by atoms with Crippen molar-refractivity contribution in [2.24, 2.45) is 0 Å². The van der Waals surface area contributed by atoms with Gasteiger partial charge in [0, 0.05) is 54.8 Å². The first-order valence-corrected chi connectivity index (χ1v) is 29.0. The Morgan fingerprint density at radius 2 is 0.583 bits per heavy atom. The summed E-state index contributed by atoms with van der Waals surface area (Å²) in [4.78, 5) is 5.06. The van der Waals surface area contributed by atoms with Gasteiger partial charge in [-0.15, -0.1) is 0 Å². The third-order valence-electron chi connectivity index (χ3n) is 17.5. The van der Waals surface area contributed by atoms with Crippen molar-refractivity contribution in [1.29, 1.82) is 0 Å². The van der Waals surface area contributed by atoms with E-state index in [1.807, 2.05) is 12.1 Å². The van der Waals surface area contributed by atoms with Crippen LogP contribution < -0.4 is 9.80 Å². The molecule has 0 fully saturated rings. The van der Waals surface area contributed by atoms with Crippen LogP contribution in [0.3, 0.4) is 0 Å². The summed E-state index contributed by atoms with van der Waals surface area (Å²) in [6.45, 7) is 9.04. The Morgan fingerprint density at radius 1 is 0.226 bits per heavy atom. The second kappa shape index (κ2) is 19.5. The number of rotatable bonds is 9. The highest BCUT2D eigenvalue weighted by atomic mass is 16.3. The maximum atomic E-state index is 6.36. The molecule has 0 saturated carbocycles. The van der Waals surface area contributed by atoms with Crippen molar-refractivity contribution >= 4 is 121 Å². The van der Waals surface area contributed by atoms with Gasteiger partial charge in [0.2, 0.25) is 0 Å². The zero-order valence-electron chi connectivity index (χ0n) is 47.1. The number of fused-ring (bicyclic) bond motifs is 12. The minimum Gasteiger partial charge on any atom is -0.456 e. The van der Waals surface area contributed by atoms with E-state index in [0.717, 1.165) is 123 Å². The summed E-state index contributed by atoms with van der Waals surface area (Å²) in [5, 5.41) is 14.1. The number of hydrogen-bond donors (Lipinski definition) is 0. The van der Waals surface area contributed by atoms with E-state index in [2.05, 4.69) is 292 Å². The largest absolute Gasteiger partial charge is 0.456 e. The molecule has 14 aromatic carbocycles. The molecule has 16 rings (SSSR count). The van der Waals surface area contributed by atoms with Gasteiger partial charge < -0.3 is 18.6 Å². The molecule has 0 aliphatic rings. The van der Waals surface area contributed by atoms with E-state index in [1.165, 1.54) is 54.2 Å². The van der Waals surface area contributed by atoms with Crippen LogP contribution in [0.15, 0.2) is 276 Å². The number of nitrogens with zero attached hydrogens (tertiary/aromatic N) is 2. The summed E-state index contributed by atoms with van der Waals surface area (Å²) in [6, 6.07) is 97.6. The molecule has 0 saturated heterocycles. The average Bonchev–Trinajstić information content (AvgIpc) is 3.90. The molecular weight excluding hydrogens is 1020 g/mol. The zero-order valence-corrected chi connectivity index (χ0v) is 47.1. The van der Waals surface area contributed by atoms with Crippen LogP contribution in [0.4, 0.5) is 34.1 Å². The molecule has 2 aromatic heterocycles. The van der Waals surface area contributed by atoms with Crippen LogP contribution in [-0.2, 0) is 0 Å². The van der Waals surface area contributed by atoms with Crippen LogP contribution >= 0.6 is 0 Å². The summed E-state index contributed by atoms with van der Waals surface area (Å²) in [5.74, 6) is 0. The molecule has 0 unspecified atom stereocenters. The average molecular weight is 1080 g/mol. The van der Waals surface area contributed by atoms with Gasteiger partial charge in [-0.05, 0) is 177 Å². The van der Waals surface area contributed by atoms with Crippen molar-refractivity contribution < 1.29 is 8.83 Å². The standard InChI is InChI=1S/C80H56N2O2/c1-49-19-17-31-61(57-37-41-77-69(45-57)67-29-13-15-33-75(67)83-77)79(49)81(73-47-55-21-5-7-23-59(55)63-25-9-11-27-65(63)73)71-39-35-53(43-51(71)3)54-36-40-72(52(4)44-54)82(74-48-56-22-6-8-24-60(56)64-26-10-12-28-66(64)74)80-50(2)20-18-32-62(80)58-38-42-78-70(46-58)68-30-14-16-34-76(68)84-78/h5-48H,1-4H3. The summed E-state index contributed by atoms with van der Waals surface area (Å²) < 4.78 is 12.7. The van der Waals surface area contributed by atoms with Gasteiger partial charge in [0.25, 0.3) is 0 Å². The molecule has 0 bridgehead atoms. The first-order chi connectivity index (χ1) is 41.3. The molecule has 16 aromatic rings. The quantitative estimate of drug-likeness (QED) is 0.135. The van der Waals surface area contributed by atoms with Crippen LogP contribution in [0.5, 0.6) is 0 Å². The van der Waals surface area contributed by atoms with Gasteiger partial charge in [-0.25, -0.2) is 0 Å². The lowest BCUT2D eigenvalue weighted by atomic mass is 9.93. The van der Waals surface area contributed by atoms with E-state index in [1.54, 1.807) is 0 Å². The zero-order chi connectivity index (χ0) is 56.2. The fourth-order valence-electron chi connectivity index (χ4n) is 13.5. The van der Waals surface area contributed by atoms with Crippen molar-refractivity contribution in [2.75, 3.05) is 9.80 Å². The molecular formula is C80H56N2O2. The normalized spacial score (nSPS) is 11.8. The summed E-state index contributed by atoms with van der Waals surface area (Å²) in [6.07, 6.45) is 0. The van der Waals surface area contributed by atoms with Crippen molar-refractivity contribution in [1.82, 2.24) is 0 Å². The Kier molecular flexibility index (Phi) is 11.4. The summed E-state index contributed by atoms with van der Waals surface area (Å²) >= 11 is 0. The Balaban J connectivity index is 0.870. The Bertz CT molecular complexity index is 5020. The fraction of sp³-hybridized carbons (Fsp3) is 0.0500. The molecule has 4 nitrogen and oxygen atoms in total. The van der Waals surface area contributed by atoms with E-state index >= 15 is 0 Å². The highest BCUT2D eigenvalue weighted by molar-refractivity contribution is 6.17. The second-order valence-corrected chi connectivity index (χ2v) is 22.6. The maximum Gasteiger partial charge on any atom is 0.135 e. The van der Waals surface area contributed by atoms with E-state index < -0.39 is 0 Å². The molecule has 84 heavy (non-hydrogen) atoms. The lowest BCUT2D eigenvalue weighted by molar-refractivity contribution is 0.668. The molecule has 0 radical (unpaired) electrons. The number of para-hydroxylation sites is 4. The smallest absolute Gasteiger partial charge is 0.135 e. The summed E-state index contributed by atoms with van der Waals surface area (Å²) in [7, 11) is 0. The number of hydrogen-bond acceptors (Lipinski definition) is 4. The molecule has 0 atom stereocenters. The fourth-order valence-corrected chi connectivity index (χ4v) is 13.5. The monoisotopic (exact) mass is 1080 g/mol. The first kappa shape index (κ1) is 49.2. The van der Waals surface area contributed by atoms with Crippen molar-refractivity contribution in [2.45, 2.75) is 27.7 Å². The SMILES string of the molecule is Cc1cc(-c2ccc(N(c3c(C)cccc3-c3ccc4oc5ccccc5c4c3)c3cc4ccccc4c4ccccc34)c(C)c2)ccc1N(c1c(C)cccc1-c1ccc2oc3ccccc3c2c1)c1cc2ccccc2c2ccccc12. The highest BCUT2D eigenvalue weighted by Crippen LogP contribution is 2.51. The van der Waals surface area contributed by atoms with Crippen molar-refractivity contribution in [3.8, 4) is 33.4 Å². The van der Waals surface area contributed by atoms with Gasteiger partial charge in [-0.1, -0.05) is 194 Å². The van der Waals surface area contributed by atoms with Gasteiger partial charge in [-0.3, -0.25) is 0 Å². The van der Waals surface area contributed by atoms with E-state index in [4.69, 9.17) is 8.83 Å².